The third-order valence-electron chi connectivity index (χ3n) is 13.4. The normalized spacial score (nSPS) is 13.0. The van der Waals surface area contributed by atoms with Crippen LogP contribution in [0.25, 0.3) is 71.6 Å². The molecule has 284 valence electrons. The molecule has 0 saturated heterocycles. The molecule has 10 aromatic carbocycles. The molecule has 11 aromatic rings. The zero-order valence-corrected chi connectivity index (χ0v) is 33.3. The van der Waals surface area contributed by atoms with Crippen LogP contribution in [0.2, 0.25) is 0 Å². The van der Waals surface area contributed by atoms with Gasteiger partial charge in [0.1, 0.15) is 0 Å². The average molecular weight is 775 g/mol. The van der Waals surface area contributed by atoms with Crippen LogP contribution in [0.1, 0.15) is 22.3 Å². The van der Waals surface area contributed by atoms with Crippen molar-refractivity contribution in [2.45, 2.75) is 5.41 Å². The van der Waals surface area contributed by atoms with Crippen LogP contribution in [0.15, 0.2) is 231 Å². The van der Waals surface area contributed by atoms with Crippen LogP contribution < -0.4 is 4.90 Å². The van der Waals surface area contributed by atoms with Crippen molar-refractivity contribution in [3.8, 4) is 39.1 Å². The van der Waals surface area contributed by atoms with Crippen molar-refractivity contribution in [3.05, 3.63) is 253 Å². The van der Waals surface area contributed by atoms with Gasteiger partial charge in [-0.25, -0.2) is 0 Å². The lowest BCUT2D eigenvalue weighted by atomic mass is 9.70. The van der Waals surface area contributed by atoms with Crippen LogP contribution in [0.4, 0.5) is 17.1 Å². The molecule has 2 aliphatic carbocycles. The maximum atomic E-state index is 2.56. The third-order valence-corrected chi connectivity index (χ3v) is 13.4. The van der Waals surface area contributed by atoms with Gasteiger partial charge in [-0.2, -0.15) is 0 Å². The number of hydrogen-bond acceptors (Lipinski definition) is 1. The minimum atomic E-state index is -0.462. The Morgan fingerprint density at radius 3 is 1.66 bits per heavy atom. The largest absolute Gasteiger partial charge is 0.309 e. The van der Waals surface area contributed by atoms with Crippen molar-refractivity contribution in [3.63, 3.8) is 0 Å². The first kappa shape index (κ1) is 34.0. The minimum absolute atomic E-state index is 0.462. The number of para-hydroxylation sites is 2. The van der Waals surface area contributed by atoms with Gasteiger partial charge >= 0.3 is 0 Å². The highest BCUT2D eigenvalue weighted by Gasteiger charge is 2.52. The van der Waals surface area contributed by atoms with E-state index in [2.05, 4.69) is 240 Å². The molecule has 0 radical (unpaired) electrons. The monoisotopic (exact) mass is 774 g/mol. The Kier molecular flexibility index (Phi) is 7.26. The Balaban J connectivity index is 1.17. The van der Waals surface area contributed by atoms with E-state index in [4.69, 9.17) is 0 Å². The van der Waals surface area contributed by atoms with Gasteiger partial charge in [0, 0.05) is 33.3 Å². The second-order valence-electron chi connectivity index (χ2n) is 16.4. The van der Waals surface area contributed by atoms with Crippen molar-refractivity contribution in [1.29, 1.82) is 0 Å². The zero-order chi connectivity index (χ0) is 40.1. The zero-order valence-electron chi connectivity index (χ0n) is 33.3. The molecule has 2 nitrogen and oxygen atoms in total. The van der Waals surface area contributed by atoms with Crippen molar-refractivity contribution in [1.82, 2.24) is 4.57 Å². The smallest absolute Gasteiger partial charge is 0.0726 e. The summed E-state index contributed by atoms with van der Waals surface area (Å²) in [6.45, 7) is 0. The van der Waals surface area contributed by atoms with Crippen molar-refractivity contribution in [2.24, 2.45) is 0 Å². The fourth-order valence-electron chi connectivity index (χ4n) is 11.0. The highest BCUT2D eigenvalue weighted by atomic mass is 15.2. The Morgan fingerprint density at radius 2 is 0.902 bits per heavy atom. The van der Waals surface area contributed by atoms with Crippen LogP contribution in [-0.4, -0.2) is 4.57 Å². The molecule has 0 N–H and O–H groups in total. The first-order valence-corrected chi connectivity index (χ1v) is 21.2. The van der Waals surface area contributed by atoms with E-state index in [1.807, 2.05) is 0 Å². The number of fused-ring (bicyclic) bond motifs is 14. The maximum Gasteiger partial charge on any atom is 0.0726 e. The average Bonchev–Trinajstić information content (AvgIpc) is 3.94. The highest BCUT2D eigenvalue weighted by molar-refractivity contribution is 6.12. The van der Waals surface area contributed by atoms with Crippen LogP contribution in [0, 0.1) is 0 Å². The lowest BCUT2D eigenvalue weighted by Gasteiger charge is -2.32. The van der Waals surface area contributed by atoms with E-state index in [9.17, 15) is 0 Å². The molecule has 1 spiro atoms. The maximum absolute atomic E-state index is 2.56. The molecule has 0 aliphatic heterocycles. The second-order valence-corrected chi connectivity index (χ2v) is 16.4. The summed E-state index contributed by atoms with van der Waals surface area (Å²) in [5.41, 5.74) is 19.3. The Bertz CT molecular complexity index is 3500. The van der Waals surface area contributed by atoms with Gasteiger partial charge in [-0.1, -0.05) is 188 Å². The van der Waals surface area contributed by atoms with Gasteiger partial charge < -0.3 is 9.47 Å². The van der Waals surface area contributed by atoms with E-state index < -0.39 is 5.41 Å². The Morgan fingerprint density at radius 1 is 0.344 bits per heavy atom. The third kappa shape index (κ3) is 4.67. The van der Waals surface area contributed by atoms with Crippen LogP contribution >= 0.6 is 0 Å². The second kappa shape index (κ2) is 13.0. The summed E-state index contributed by atoms with van der Waals surface area (Å²) in [7, 11) is 0. The fourth-order valence-corrected chi connectivity index (χ4v) is 11.0. The Labute approximate surface area is 354 Å². The number of nitrogens with zero attached hydrogens (tertiary/aromatic N) is 2. The van der Waals surface area contributed by atoms with Gasteiger partial charge in [0.2, 0.25) is 0 Å². The van der Waals surface area contributed by atoms with Crippen molar-refractivity contribution < 1.29 is 0 Å². The van der Waals surface area contributed by atoms with Crippen molar-refractivity contribution in [2.75, 3.05) is 4.90 Å². The molecule has 0 unspecified atom stereocenters. The summed E-state index contributed by atoms with van der Waals surface area (Å²) in [6, 6.07) is 85.4. The van der Waals surface area contributed by atoms with E-state index in [-0.39, 0.29) is 0 Å². The Hall–Kier alpha value is -7.94. The molecule has 1 heterocycles. The quantitative estimate of drug-likeness (QED) is 0.169. The molecule has 2 heteroatoms. The summed E-state index contributed by atoms with van der Waals surface area (Å²) < 4.78 is 2.43. The predicted octanol–water partition coefficient (Wildman–Crippen LogP) is 15.4. The number of aromatic nitrogens is 1. The molecule has 0 bridgehead atoms. The molecular formula is C59H38N2. The summed E-state index contributed by atoms with van der Waals surface area (Å²) >= 11 is 0. The number of hydrogen-bond donors (Lipinski definition) is 0. The minimum Gasteiger partial charge on any atom is -0.309 e. The van der Waals surface area contributed by atoms with E-state index in [1.54, 1.807) is 0 Å². The van der Waals surface area contributed by atoms with Crippen molar-refractivity contribution >= 4 is 49.6 Å². The molecule has 13 rings (SSSR count). The van der Waals surface area contributed by atoms with Crippen LogP contribution in [-0.2, 0) is 5.41 Å². The van der Waals surface area contributed by atoms with Gasteiger partial charge in [0.05, 0.1) is 27.8 Å². The highest BCUT2D eigenvalue weighted by Crippen LogP contribution is 2.65. The van der Waals surface area contributed by atoms with Gasteiger partial charge in [0.25, 0.3) is 0 Å². The molecular weight excluding hydrogens is 737 g/mol. The predicted molar refractivity (Wildman–Crippen MR) is 255 cm³/mol. The molecule has 0 saturated carbocycles. The lowest BCUT2D eigenvalue weighted by Crippen LogP contribution is -2.26. The standard InChI is InChI=1S/C59H38N2/c1-3-19-40(20-4-1)57-43-23-8-7-18-39(43)34-37-55(57)61(42-35-36-47-46-26-12-16-32-53(46)60(56(47)38-42)41-21-5-2-6-22-41)54-33-17-31-52-58(54)48-27-11-15-30-51(48)59(52)49-28-13-9-24-44(49)45-25-10-14-29-50(45)59/h1-38H. The van der Waals surface area contributed by atoms with Crippen LogP contribution in [0.3, 0.4) is 0 Å². The number of benzene rings is 10. The van der Waals surface area contributed by atoms with Crippen LogP contribution in [0.5, 0.6) is 0 Å². The first-order valence-electron chi connectivity index (χ1n) is 21.2. The fraction of sp³-hybridized carbons (Fsp3) is 0.0169. The SMILES string of the molecule is c1ccc(-c2c(N(c3ccc4c5ccccc5n(-c5ccccc5)c4c3)c3cccc4c3-c3ccccc3C43c4ccccc4-c4ccccc43)ccc3ccccc23)cc1. The van der Waals surface area contributed by atoms with E-state index >= 15 is 0 Å². The summed E-state index contributed by atoms with van der Waals surface area (Å²) in [5, 5.41) is 4.90. The summed E-state index contributed by atoms with van der Waals surface area (Å²) in [5.74, 6) is 0. The topological polar surface area (TPSA) is 8.17 Å². The summed E-state index contributed by atoms with van der Waals surface area (Å²) in [4.78, 5) is 2.56. The van der Waals surface area contributed by atoms with E-state index in [1.165, 1.54) is 88.2 Å². The first-order chi connectivity index (χ1) is 30.3. The molecule has 61 heavy (non-hydrogen) atoms. The van der Waals surface area contributed by atoms with E-state index in [0.717, 1.165) is 22.7 Å². The van der Waals surface area contributed by atoms with E-state index in [0.29, 0.717) is 0 Å². The van der Waals surface area contributed by atoms with Gasteiger partial charge in [-0.3, -0.25) is 0 Å². The molecule has 1 aromatic heterocycles. The summed E-state index contributed by atoms with van der Waals surface area (Å²) in [6.07, 6.45) is 0. The van der Waals surface area contributed by atoms with Gasteiger partial charge in [-0.05, 0) is 97.7 Å². The molecule has 0 atom stereocenters. The lowest BCUT2D eigenvalue weighted by molar-refractivity contribution is 0.794. The number of rotatable bonds is 5. The van der Waals surface area contributed by atoms with Gasteiger partial charge in [0.15, 0.2) is 0 Å². The number of anilines is 3. The molecule has 2 aliphatic rings. The van der Waals surface area contributed by atoms with Gasteiger partial charge in [-0.15, -0.1) is 0 Å². The molecule has 0 fully saturated rings. The molecule has 0 amide bonds.